The van der Waals surface area contributed by atoms with Gasteiger partial charge in [0.25, 0.3) is 5.91 Å². The molecule has 2 unspecified atom stereocenters. The molecule has 22 heavy (non-hydrogen) atoms. The summed E-state index contributed by atoms with van der Waals surface area (Å²) >= 11 is 4.43. The Morgan fingerprint density at radius 1 is 1.45 bits per heavy atom. The number of nitrogens with zero attached hydrogens (tertiary/aromatic N) is 3. The number of thiol groups is 1. The first-order valence-corrected chi connectivity index (χ1v) is 7.58. The fourth-order valence-electron chi connectivity index (χ4n) is 2.39. The topological polar surface area (TPSA) is 85.9 Å². The third-order valence-electron chi connectivity index (χ3n) is 3.55. The SMILES string of the molecule is CC(CN1c2nc[nH]c2C(=O)NC1S)NCc1ccncc1. The van der Waals surface area contributed by atoms with Crippen LogP contribution in [0.2, 0.25) is 0 Å². The first-order chi connectivity index (χ1) is 10.6. The molecule has 3 N–H and O–H groups in total. The normalized spacial score (nSPS) is 18.7. The van der Waals surface area contributed by atoms with Crippen LogP contribution in [0.15, 0.2) is 30.9 Å². The van der Waals surface area contributed by atoms with Crippen molar-refractivity contribution in [2.75, 3.05) is 11.4 Å². The van der Waals surface area contributed by atoms with Crippen LogP contribution >= 0.6 is 12.6 Å². The smallest absolute Gasteiger partial charge is 0.273 e. The number of H-pyrrole nitrogens is 1. The number of hydrogen-bond donors (Lipinski definition) is 4. The zero-order valence-corrected chi connectivity index (χ0v) is 13.0. The standard InChI is InChI=1S/C14H18N6OS/c1-9(16-6-10-2-4-15-5-3-10)7-20-12-11(17-8-18-12)13(21)19-14(20)22/h2-5,8-9,14,16,22H,6-7H2,1H3,(H,17,18)(H,19,21). The molecule has 2 aromatic rings. The Labute approximate surface area is 133 Å². The van der Waals surface area contributed by atoms with Gasteiger partial charge in [-0.25, -0.2) is 4.98 Å². The second-order valence-corrected chi connectivity index (χ2v) is 5.73. The van der Waals surface area contributed by atoms with Crippen molar-refractivity contribution >= 4 is 24.4 Å². The van der Waals surface area contributed by atoms with Crippen molar-refractivity contribution in [2.24, 2.45) is 0 Å². The minimum atomic E-state index is -0.381. The number of carbonyl (C=O) groups is 1. The van der Waals surface area contributed by atoms with E-state index in [0.29, 0.717) is 18.1 Å². The number of pyridine rings is 1. The molecule has 0 saturated carbocycles. The van der Waals surface area contributed by atoms with Gasteiger partial charge < -0.3 is 20.5 Å². The minimum Gasteiger partial charge on any atom is -0.339 e. The van der Waals surface area contributed by atoms with Gasteiger partial charge in [0.05, 0.1) is 6.33 Å². The van der Waals surface area contributed by atoms with Crippen LogP contribution in [0, 0.1) is 0 Å². The molecule has 0 saturated heterocycles. The van der Waals surface area contributed by atoms with Gasteiger partial charge >= 0.3 is 0 Å². The third kappa shape index (κ3) is 3.07. The van der Waals surface area contributed by atoms with Crippen molar-refractivity contribution in [1.29, 1.82) is 0 Å². The van der Waals surface area contributed by atoms with Crippen LogP contribution in [0.4, 0.5) is 5.82 Å². The summed E-state index contributed by atoms with van der Waals surface area (Å²) in [7, 11) is 0. The molecule has 3 rings (SSSR count). The molecule has 7 nitrogen and oxygen atoms in total. The van der Waals surface area contributed by atoms with Crippen molar-refractivity contribution in [3.8, 4) is 0 Å². The van der Waals surface area contributed by atoms with E-state index < -0.39 is 0 Å². The number of imidazole rings is 1. The van der Waals surface area contributed by atoms with E-state index in [2.05, 4.69) is 45.1 Å². The highest BCUT2D eigenvalue weighted by molar-refractivity contribution is 7.81. The predicted molar refractivity (Wildman–Crippen MR) is 86.7 cm³/mol. The van der Waals surface area contributed by atoms with Crippen LogP contribution in [0.25, 0.3) is 0 Å². The largest absolute Gasteiger partial charge is 0.339 e. The number of aromatic amines is 1. The maximum atomic E-state index is 11.8. The highest BCUT2D eigenvalue weighted by Crippen LogP contribution is 2.23. The highest BCUT2D eigenvalue weighted by Gasteiger charge is 2.31. The van der Waals surface area contributed by atoms with Crippen molar-refractivity contribution in [1.82, 2.24) is 25.6 Å². The Balaban J connectivity index is 1.63. The summed E-state index contributed by atoms with van der Waals surface area (Å²) in [5, 5.41) is 6.24. The maximum absolute atomic E-state index is 11.8. The first kappa shape index (κ1) is 14.9. The molecule has 8 heteroatoms. The molecule has 2 aromatic heterocycles. The molecule has 3 heterocycles. The average Bonchev–Trinajstić information content (AvgIpc) is 3.00. The second kappa shape index (κ2) is 6.37. The van der Waals surface area contributed by atoms with Gasteiger partial charge in [0.1, 0.15) is 11.2 Å². The molecule has 0 spiro atoms. The van der Waals surface area contributed by atoms with Gasteiger partial charge in [-0.2, -0.15) is 0 Å². The van der Waals surface area contributed by atoms with Gasteiger partial charge in [-0.3, -0.25) is 9.78 Å². The minimum absolute atomic E-state index is 0.179. The Bertz CT molecular complexity index is 646. The highest BCUT2D eigenvalue weighted by atomic mass is 32.1. The fourth-order valence-corrected chi connectivity index (χ4v) is 2.71. The van der Waals surface area contributed by atoms with E-state index in [-0.39, 0.29) is 17.4 Å². The number of carbonyl (C=O) groups excluding carboxylic acids is 1. The lowest BCUT2D eigenvalue weighted by Crippen LogP contribution is -2.53. The van der Waals surface area contributed by atoms with Crippen molar-refractivity contribution in [3.05, 3.63) is 42.1 Å². The number of aromatic nitrogens is 3. The quantitative estimate of drug-likeness (QED) is 0.611. The third-order valence-corrected chi connectivity index (χ3v) is 3.96. The predicted octanol–water partition coefficient (Wildman–Crippen LogP) is 0.746. The van der Waals surface area contributed by atoms with Crippen molar-refractivity contribution in [2.45, 2.75) is 25.0 Å². The van der Waals surface area contributed by atoms with E-state index in [1.807, 2.05) is 17.0 Å². The van der Waals surface area contributed by atoms with Gasteiger partial charge in [0.2, 0.25) is 0 Å². The number of amides is 1. The molecule has 2 atom stereocenters. The van der Waals surface area contributed by atoms with Crippen LogP contribution in [0.3, 0.4) is 0 Å². The molecule has 1 amide bonds. The lowest BCUT2D eigenvalue weighted by molar-refractivity contribution is 0.0937. The Hall–Kier alpha value is -2.06. The molecule has 116 valence electrons. The van der Waals surface area contributed by atoms with Crippen LogP contribution in [-0.4, -0.2) is 38.9 Å². The van der Waals surface area contributed by atoms with Crippen LogP contribution in [0.5, 0.6) is 0 Å². The summed E-state index contributed by atoms with van der Waals surface area (Å²) in [5.74, 6) is 0.461. The first-order valence-electron chi connectivity index (χ1n) is 7.06. The van der Waals surface area contributed by atoms with Crippen LogP contribution in [-0.2, 0) is 6.54 Å². The zero-order chi connectivity index (χ0) is 15.5. The molecular formula is C14H18N6OS. The average molecular weight is 318 g/mol. The van der Waals surface area contributed by atoms with Gasteiger partial charge in [-0.1, -0.05) is 0 Å². The molecule has 0 radical (unpaired) electrons. The van der Waals surface area contributed by atoms with Crippen molar-refractivity contribution in [3.63, 3.8) is 0 Å². The Morgan fingerprint density at radius 2 is 2.23 bits per heavy atom. The van der Waals surface area contributed by atoms with E-state index in [0.717, 1.165) is 6.54 Å². The molecule has 1 aliphatic heterocycles. The summed E-state index contributed by atoms with van der Waals surface area (Å²) in [6, 6.07) is 4.16. The fraction of sp³-hybridized carbons (Fsp3) is 0.357. The second-order valence-electron chi connectivity index (χ2n) is 5.24. The van der Waals surface area contributed by atoms with E-state index in [1.165, 1.54) is 11.9 Å². The number of hydrogen-bond acceptors (Lipinski definition) is 6. The van der Waals surface area contributed by atoms with Gasteiger partial charge in [0, 0.05) is 31.5 Å². The summed E-state index contributed by atoms with van der Waals surface area (Å²) in [6.45, 7) is 3.52. The van der Waals surface area contributed by atoms with E-state index >= 15 is 0 Å². The van der Waals surface area contributed by atoms with Crippen LogP contribution in [0.1, 0.15) is 23.0 Å². The number of rotatable bonds is 5. The van der Waals surface area contributed by atoms with Gasteiger partial charge in [-0.15, -0.1) is 12.6 Å². The molecule has 1 aliphatic rings. The number of fused-ring (bicyclic) bond motifs is 1. The summed E-state index contributed by atoms with van der Waals surface area (Å²) in [5.41, 5.74) is 1.27. The Morgan fingerprint density at radius 3 is 3.00 bits per heavy atom. The monoisotopic (exact) mass is 318 g/mol. The van der Waals surface area contributed by atoms with E-state index in [4.69, 9.17) is 0 Å². The van der Waals surface area contributed by atoms with Gasteiger partial charge in [-0.05, 0) is 24.6 Å². The molecule has 0 aromatic carbocycles. The van der Waals surface area contributed by atoms with Gasteiger partial charge in [0.15, 0.2) is 5.82 Å². The molecule has 0 aliphatic carbocycles. The van der Waals surface area contributed by atoms with Crippen LogP contribution < -0.4 is 15.5 Å². The lowest BCUT2D eigenvalue weighted by Gasteiger charge is -2.35. The number of anilines is 1. The molecule has 0 bridgehead atoms. The summed E-state index contributed by atoms with van der Waals surface area (Å²) in [6.07, 6.45) is 5.08. The van der Waals surface area contributed by atoms with E-state index in [9.17, 15) is 4.79 Å². The molecular weight excluding hydrogens is 300 g/mol. The number of nitrogens with one attached hydrogen (secondary N) is 3. The maximum Gasteiger partial charge on any atom is 0.273 e. The Kier molecular flexibility index (Phi) is 4.30. The van der Waals surface area contributed by atoms with E-state index in [1.54, 1.807) is 12.4 Å². The summed E-state index contributed by atoms with van der Waals surface area (Å²) in [4.78, 5) is 24.9. The van der Waals surface area contributed by atoms with Crippen molar-refractivity contribution < 1.29 is 4.79 Å². The molecule has 0 fully saturated rings. The lowest BCUT2D eigenvalue weighted by atomic mass is 10.2. The zero-order valence-electron chi connectivity index (χ0n) is 12.2. The summed E-state index contributed by atoms with van der Waals surface area (Å²) < 4.78 is 0.